The first kappa shape index (κ1) is 16.8. The molecule has 1 aliphatic heterocycles. The molecule has 0 bridgehead atoms. The van der Waals surface area contributed by atoms with E-state index >= 15 is 0 Å². The average Bonchev–Trinajstić information content (AvgIpc) is 3.44. The molecular weight excluding hydrogens is 366 g/mol. The van der Waals surface area contributed by atoms with E-state index in [1.165, 1.54) is 0 Å². The lowest BCUT2D eigenvalue weighted by atomic mass is 9.83. The van der Waals surface area contributed by atoms with E-state index in [1.807, 2.05) is 53.2 Å². The first-order chi connectivity index (χ1) is 14.3. The van der Waals surface area contributed by atoms with Crippen molar-refractivity contribution in [2.45, 2.75) is 5.92 Å². The molecule has 3 N–H and O–H groups in total. The Hall–Kier alpha value is -4.38. The van der Waals surface area contributed by atoms with Gasteiger partial charge in [-0.3, -0.25) is 4.98 Å². The van der Waals surface area contributed by atoms with Crippen molar-refractivity contribution < 1.29 is 4.74 Å². The number of pyridine rings is 1. The Labute approximate surface area is 165 Å². The quantitative estimate of drug-likeness (QED) is 0.563. The number of hydrogen-bond donors (Lipinski definition) is 2. The zero-order valence-electron chi connectivity index (χ0n) is 15.1. The van der Waals surface area contributed by atoms with E-state index in [1.54, 1.807) is 18.7 Å². The van der Waals surface area contributed by atoms with E-state index in [0.29, 0.717) is 22.8 Å². The van der Waals surface area contributed by atoms with Crippen molar-refractivity contribution in [3.8, 4) is 29.0 Å². The lowest BCUT2D eigenvalue weighted by Crippen LogP contribution is -2.21. The van der Waals surface area contributed by atoms with Crippen LogP contribution in [0, 0.1) is 11.3 Å². The van der Waals surface area contributed by atoms with E-state index in [9.17, 15) is 5.26 Å². The van der Waals surface area contributed by atoms with Crippen LogP contribution >= 0.6 is 0 Å². The molecule has 140 valence electrons. The second-order valence-electron chi connectivity index (χ2n) is 6.52. The Morgan fingerprint density at radius 3 is 2.69 bits per heavy atom. The number of nitrogens with two attached hydrogens (primary N) is 1. The SMILES string of the molecule is N#CC1=C(N)Oc2[nH]nc(-c3ccccn3)c2C1c1ccc(-n2ccnc2)cc1. The maximum Gasteiger partial charge on any atom is 0.222 e. The first-order valence-corrected chi connectivity index (χ1v) is 8.92. The van der Waals surface area contributed by atoms with Gasteiger partial charge in [-0.05, 0) is 29.8 Å². The minimum absolute atomic E-state index is 0.0694. The summed E-state index contributed by atoms with van der Waals surface area (Å²) in [4.78, 5) is 8.47. The largest absolute Gasteiger partial charge is 0.422 e. The highest BCUT2D eigenvalue weighted by molar-refractivity contribution is 5.68. The number of hydrogen-bond acceptors (Lipinski definition) is 6. The number of rotatable bonds is 3. The Morgan fingerprint density at radius 2 is 2.00 bits per heavy atom. The van der Waals surface area contributed by atoms with Gasteiger partial charge < -0.3 is 15.0 Å². The Morgan fingerprint density at radius 1 is 1.14 bits per heavy atom. The van der Waals surface area contributed by atoms with Crippen molar-refractivity contribution in [2.24, 2.45) is 5.73 Å². The summed E-state index contributed by atoms with van der Waals surface area (Å²) in [7, 11) is 0. The molecule has 1 atom stereocenters. The molecule has 8 nitrogen and oxygen atoms in total. The third kappa shape index (κ3) is 2.73. The zero-order chi connectivity index (χ0) is 19.8. The first-order valence-electron chi connectivity index (χ1n) is 8.92. The number of aromatic nitrogens is 5. The highest BCUT2D eigenvalue weighted by atomic mass is 16.5. The average molecular weight is 381 g/mol. The van der Waals surface area contributed by atoms with Gasteiger partial charge in [0.2, 0.25) is 11.8 Å². The van der Waals surface area contributed by atoms with Crippen LogP contribution in [0.2, 0.25) is 0 Å². The van der Waals surface area contributed by atoms with Crippen molar-refractivity contribution in [1.29, 1.82) is 5.26 Å². The van der Waals surface area contributed by atoms with Crippen LogP contribution in [0.4, 0.5) is 0 Å². The molecule has 5 rings (SSSR count). The molecule has 1 aliphatic rings. The summed E-state index contributed by atoms with van der Waals surface area (Å²) in [5.41, 5.74) is 10.3. The molecule has 4 aromatic rings. The number of imidazole rings is 1. The minimum Gasteiger partial charge on any atom is -0.422 e. The fraction of sp³-hybridized carbons (Fsp3) is 0.0476. The summed E-state index contributed by atoms with van der Waals surface area (Å²) in [6.45, 7) is 0. The van der Waals surface area contributed by atoms with Crippen LogP contribution in [0.25, 0.3) is 17.1 Å². The second-order valence-corrected chi connectivity index (χ2v) is 6.52. The molecule has 0 aliphatic carbocycles. The van der Waals surface area contributed by atoms with Crippen LogP contribution in [0.15, 0.2) is 78.8 Å². The molecule has 4 heterocycles. The summed E-state index contributed by atoms with van der Waals surface area (Å²) >= 11 is 0. The fourth-order valence-electron chi connectivity index (χ4n) is 3.53. The molecule has 29 heavy (non-hydrogen) atoms. The number of benzene rings is 1. The number of allylic oxidation sites excluding steroid dienone is 1. The Bertz CT molecular complexity index is 1230. The van der Waals surface area contributed by atoms with Crippen LogP contribution in [0.5, 0.6) is 5.88 Å². The molecule has 1 unspecified atom stereocenters. The number of fused-ring (bicyclic) bond motifs is 1. The lowest BCUT2D eigenvalue weighted by molar-refractivity contribution is 0.379. The fourth-order valence-corrected chi connectivity index (χ4v) is 3.53. The highest BCUT2D eigenvalue weighted by Gasteiger charge is 2.35. The van der Waals surface area contributed by atoms with E-state index in [2.05, 4.69) is 26.2 Å². The van der Waals surface area contributed by atoms with Gasteiger partial charge in [-0.25, -0.2) is 10.1 Å². The Balaban J connectivity index is 1.66. The molecule has 0 radical (unpaired) electrons. The lowest BCUT2D eigenvalue weighted by Gasteiger charge is -2.24. The number of nitrogens with one attached hydrogen (secondary N) is 1. The van der Waals surface area contributed by atoms with Gasteiger partial charge in [0.15, 0.2) is 0 Å². The van der Waals surface area contributed by atoms with Crippen LogP contribution in [0.1, 0.15) is 17.0 Å². The molecule has 0 spiro atoms. The van der Waals surface area contributed by atoms with Crippen molar-refractivity contribution in [3.63, 3.8) is 0 Å². The number of ether oxygens (including phenoxy) is 1. The van der Waals surface area contributed by atoms with Crippen LogP contribution < -0.4 is 10.5 Å². The van der Waals surface area contributed by atoms with E-state index in [-0.39, 0.29) is 5.88 Å². The van der Waals surface area contributed by atoms with Gasteiger partial charge >= 0.3 is 0 Å². The maximum atomic E-state index is 9.80. The smallest absolute Gasteiger partial charge is 0.222 e. The monoisotopic (exact) mass is 381 g/mol. The van der Waals surface area contributed by atoms with Gasteiger partial charge in [0.1, 0.15) is 17.3 Å². The topological polar surface area (TPSA) is 118 Å². The van der Waals surface area contributed by atoms with Crippen molar-refractivity contribution >= 4 is 0 Å². The standard InChI is InChI=1S/C21H15N7O/c22-11-15-17(13-4-6-14(7-5-13)28-10-9-24-12-28)18-19(16-3-1-2-8-25-16)26-27-21(18)29-20(15)23/h1-10,12,17H,23H2,(H,26,27). The molecule has 1 aromatic carbocycles. The maximum absolute atomic E-state index is 9.80. The minimum atomic E-state index is -0.420. The molecule has 3 aromatic heterocycles. The zero-order valence-corrected chi connectivity index (χ0v) is 15.1. The molecule has 0 saturated heterocycles. The number of nitrogens with zero attached hydrogens (tertiary/aromatic N) is 5. The van der Waals surface area contributed by atoms with Gasteiger partial charge in [-0.2, -0.15) is 10.4 Å². The highest BCUT2D eigenvalue weighted by Crippen LogP contribution is 2.45. The number of nitriles is 1. The van der Waals surface area contributed by atoms with Crippen molar-refractivity contribution in [2.75, 3.05) is 0 Å². The van der Waals surface area contributed by atoms with Crippen LogP contribution in [-0.4, -0.2) is 24.7 Å². The van der Waals surface area contributed by atoms with Gasteiger partial charge in [0.25, 0.3) is 0 Å². The van der Waals surface area contributed by atoms with E-state index < -0.39 is 5.92 Å². The predicted molar refractivity (Wildman–Crippen MR) is 105 cm³/mol. The third-order valence-corrected chi connectivity index (χ3v) is 4.88. The summed E-state index contributed by atoms with van der Waals surface area (Å²) in [5.74, 6) is 0.0714. The molecule has 0 saturated carbocycles. The third-order valence-electron chi connectivity index (χ3n) is 4.88. The van der Waals surface area contributed by atoms with E-state index in [4.69, 9.17) is 10.5 Å². The molecule has 0 amide bonds. The summed E-state index contributed by atoms with van der Waals surface area (Å²) in [5, 5.41) is 17.1. The normalized spacial score (nSPS) is 15.5. The van der Waals surface area contributed by atoms with Crippen molar-refractivity contribution in [3.05, 3.63) is 90.0 Å². The predicted octanol–water partition coefficient (Wildman–Crippen LogP) is 2.88. The molecule has 8 heteroatoms. The number of H-pyrrole nitrogens is 1. The van der Waals surface area contributed by atoms with Gasteiger partial charge in [0.05, 0.1) is 23.5 Å². The summed E-state index contributed by atoms with van der Waals surface area (Å²) in [6, 6.07) is 15.7. The molecule has 0 fully saturated rings. The van der Waals surface area contributed by atoms with Crippen molar-refractivity contribution in [1.82, 2.24) is 24.7 Å². The van der Waals surface area contributed by atoms with E-state index in [0.717, 1.165) is 16.8 Å². The van der Waals surface area contributed by atoms with Crippen LogP contribution in [-0.2, 0) is 0 Å². The second kappa shape index (κ2) is 6.65. The van der Waals surface area contributed by atoms with Crippen LogP contribution in [0.3, 0.4) is 0 Å². The summed E-state index contributed by atoms with van der Waals surface area (Å²) in [6.07, 6.45) is 7.02. The van der Waals surface area contributed by atoms with Gasteiger partial charge in [-0.1, -0.05) is 18.2 Å². The number of aromatic amines is 1. The van der Waals surface area contributed by atoms with Gasteiger partial charge in [-0.15, -0.1) is 0 Å². The van der Waals surface area contributed by atoms with Gasteiger partial charge in [0, 0.05) is 24.3 Å². The summed E-state index contributed by atoms with van der Waals surface area (Å²) < 4.78 is 7.56. The Kier molecular flexibility index (Phi) is 3.85. The molecular formula is C21H15N7O.